The quantitative estimate of drug-likeness (QED) is 0.874. The van der Waals surface area contributed by atoms with Crippen LogP contribution in [-0.4, -0.2) is 11.2 Å². The second-order valence-electron chi connectivity index (χ2n) is 4.93. The number of rotatable bonds is 2. The zero-order valence-corrected chi connectivity index (χ0v) is 10.8. The predicted octanol–water partition coefficient (Wildman–Crippen LogP) is 3.75. The highest BCUT2D eigenvalue weighted by atomic mass is 19.1. The average molecular weight is 271 g/mol. The van der Waals surface area contributed by atoms with Gasteiger partial charge in [-0.1, -0.05) is 36.4 Å². The van der Waals surface area contributed by atoms with Crippen LogP contribution >= 0.6 is 0 Å². The molecule has 1 atom stereocenters. The molecule has 2 aromatic carbocycles. The molecule has 0 aromatic heterocycles. The number of hydrogen-bond donors (Lipinski definition) is 2. The second kappa shape index (κ2) is 4.96. The number of amides is 1. The molecule has 3 nitrogen and oxygen atoms in total. The fourth-order valence-electron chi connectivity index (χ4n) is 2.78. The van der Waals surface area contributed by atoms with E-state index in [-0.39, 0.29) is 11.9 Å². The Morgan fingerprint density at radius 2 is 2.05 bits per heavy atom. The number of halogens is 1. The third-order valence-corrected chi connectivity index (χ3v) is 3.70. The zero-order valence-electron chi connectivity index (χ0n) is 10.8. The van der Waals surface area contributed by atoms with Crippen molar-refractivity contribution in [3.63, 3.8) is 0 Å². The highest BCUT2D eigenvalue weighted by Gasteiger charge is 2.24. The third kappa shape index (κ3) is 2.25. The van der Waals surface area contributed by atoms with E-state index >= 15 is 0 Å². The largest absolute Gasteiger partial charge is 0.465 e. The smallest absolute Gasteiger partial charge is 0.405 e. The lowest BCUT2D eigenvalue weighted by Crippen LogP contribution is -2.24. The fraction of sp³-hybridized carbons (Fsp3) is 0.188. The molecule has 0 radical (unpaired) electrons. The summed E-state index contributed by atoms with van der Waals surface area (Å²) < 4.78 is 13.8. The van der Waals surface area contributed by atoms with Gasteiger partial charge >= 0.3 is 6.09 Å². The monoisotopic (exact) mass is 271 g/mol. The van der Waals surface area contributed by atoms with E-state index in [1.165, 1.54) is 6.07 Å². The first-order valence-electron chi connectivity index (χ1n) is 6.52. The number of carbonyl (C=O) groups is 1. The molecule has 1 aliphatic rings. The van der Waals surface area contributed by atoms with Crippen molar-refractivity contribution in [2.45, 2.75) is 18.9 Å². The van der Waals surface area contributed by atoms with Gasteiger partial charge in [0.25, 0.3) is 0 Å². The van der Waals surface area contributed by atoms with Crippen LogP contribution in [0.5, 0.6) is 0 Å². The van der Waals surface area contributed by atoms with Crippen molar-refractivity contribution < 1.29 is 14.3 Å². The summed E-state index contributed by atoms with van der Waals surface area (Å²) in [5, 5.41) is 11.3. The van der Waals surface area contributed by atoms with E-state index in [0.29, 0.717) is 5.56 Å². The minimum absolute atomic E-state index is 0.155. The molecular weight excluding hydrogens is 257 g/mol. The standard InChI is InChI=1S/C16H14FNO2/c17-14-4-2-1-3-12(14)10-5-7-13-11(9-10)6-8-15(13)18-16(19)20/h1-5,7,9,15,18H,6,8H2,(H,19,20). The van der Waals surface area contributed by atoms with Crippen molar-refractivity contribution in [2.75, 3.05) is 0 Å². The lowest BCUT2D eigenvalue weighted by molar-refractivity contribution is 0.190. The molecule has 1 aliphatic carbocycles. The number of aryl methyl sites for hydroxylation is 1. The van der Waals surface area contributed by atoms with Gasteiger partial charge in [0.2, 0.25) is 0 Å². The van der Waals surface area contributed by atoms with E-state index in [1.54, 1.807) is 18.2 Å². The number of benzene rings is 2. The summed E-state index contributed by atoms with van der Waals surface area (Å²) in [7, 11) is 0. The molecule has 1 amide bonds. The maximum atomic E-state index is 13.8. The van der Waals surface area contributed by atoms with Gasteiger partial charge in [-0.25, -0.2) is 9.18 Å². The first kappa shape index (κ1) is 12.7. The number of nitrogens with one attached hydrogen (secondary N) is 1. The molecule has 4 heteroatoms. The molecule has 0 bridgehead atoms. The molecular formula is C16H14FNO2. The van der Waals surface area contributed by atoms with Gasteiger partial charge in [0, 0.05) is 5.56 Å². The van der Waals surface area contributed by atoms with Crippen molar-refractivity contribution in [1.29, 1.82) is 0 Å². The minimum atomic E-state index is -1.01. The molecule has 0 aliphatic heterocycles. The van der Waals surface area contributed by atoms with E-state index < -0.39 is 6.09 Å². The Kier molecular flexibility index (Phi) is 3.14. The molecule has 1 unspecified atom stereocenters. The van der Waals surface area contributed by atoms with Gasteiger partial charge in [0.05, 0.1) is 6.04 Å². The van der Waals surface area contributed by atoms with Crippen LogP contribution in [0.1, 0.15) is 23.6 Å². The summed E-state index contributed by atoms with van der Waals surface area (Å²) in [5.74, 6) is -0.245. The number of carboxylic acid groups (broad SMARTS) is 1. The number of fused-ring (bicyclic) bond motifs is 1. The fourth-order valence-corrected chi connectivity index (χ4v) is 2.78. The first-order chi connectivity index (χ1) is 9.65. The molecule has 2 N–H and O–H groups in total. The van der Waals surface area contributed by atoms with Gasteiger partial charge in [-0.3, -0.25) is 0 Å². The third-order valence-electron chi connectivity index (χ3n) is 3.70. The normalized spacial score (nSPS) is 16.8. The molecule has 3 rings (SSSR count). The van der Waals surface area contributed by atoms with Crippen LogP contribution < -0.4 is 5.32 Å². The molecule has 0 fully saturated rings. The van der Waals surface area contributed by atoms with Crippen LogP contribution in [0.3, 0.4) is 0 Å². The Hall–Kier alpha value is -2.36. The highest BCUT2D eigenvalue weighted by molar-refractivity contribution is 5.68. The Balaban J connectivity index is 1.96. The van der Waals surface area contributed by atoms with Crippen molar-refractivity contribution in [1.82, 2.24) is 5.32 Å². The summed E-state index contributed by atoms with van der Waals surface area (Å²) in [4.78, 5) is 10.7. The Bertz CT molecular complexity index is 669. The molecule has 102 valence electrons. The Morgan fingerprint density at radius 3 is 2.80 bits per heavy atom. The van der Waals surface area contributed by atoms with E-state index in [0.717, 1.165) is 29.5 Å². The van der Waals surface area contributed by atoms with E-state index in [9.17, 15) is 9.18 Å². The summed E-state index contributed by atoms with van der Waals surface area (Å²) in [5.41, 5.74) is 3.49. The molecule has 0 spiro atoms. The van der Waals surface area contributed by atoms with Gasteiger partial charge in [-0.05, 0) is 35.6 Å². The first-order valence-corrected chi connectivity index (χ1v) is 6.52. The number of hydrogen-bond acceptors (Lipinski definition) is 1. The van der Waals surface area contributed by atoms with Gasteiger partial charge in [0.15, 0.2) is 0 Å². The minimum Gasteiger partial charge on any atom is -0.465 e. The van der Waals surface area contributed by atoms with E-state index in [4.69, 9.17) is 5.11 Å². The van der Waals surface area contributed by atoms with Crippen molar-refractivity contribution in [2.24, 2.45) is 0 Å². The maximum absolute atomic E-state index is 13.8. The highest BCUT2D eigenvalue weighted by Crippen LogP contribution is 2.34. The van der Waals surface area contributed by atoms with Crippen LogP contribution in [0.25, 0.3) is 11.1 Å². The van der Waals surface area contributed by atoms with Crippen LogP contribution in [-0.2, 0) is 6.42 Å². The van der Waals surface area contributed by atoms with Crippen LogP contribution in [0.2, 0.25) is 0 Å². The van der Waals surface area contributed by atoms with Crippen LogP contribution in [0.15, 0.2) is 42.5 Å². The van der Waals surface area contributed by atoms with Crippen molar-refractivity contribution >= 4 is 6.09 Å². The summed E-state index contributed by atoms with van der Waals surface area (Å²) in [6.07, 6.45) is 0.548. The van der Waals surface area contributed by atoms with Gasteiger partial charge in [0.1, 0.15) is 5.82 Å². The topological polar surface area (TPSA) is 49.3 Å². The Morgan fingerprint density at radius 1 is 1.25 bits per heavy atom. The maximum Gasteiger partial charge on any atom is 0.405 e. The van der Waals surface area contributed by atoms with Crippen LogP contribution in [0.4, 0.5) is 9.18 Å². The van der Waals surface area contributed by atoms with E-state index in [1.807, 2.05) is 18.2 Å². The summed E-state index contributed by atoms with van der Waals surface area (Å²) >= 11 is 0. The molecule has 2 aromatic rings. The van der Waals surface area contributed by atoms with Crippen molar-refractivity contribution in [3.05, 3.63) is 59.4 Å². The molecule has 0 heterocycles. The summed E-state index contributed by atoms with van der Waals surface area (Å²) in [6.45, 7) is 0. The van der Waals surface area contributed by atoms with Crippen LogP contribution in [0, 0.1) is 5.82 Å². The Labute approximate surface area is 116 Å². The SMILES string of the molecule is O=C(O)NC1CCc2cc(-c3ccccc3F)ccc21. The lowest BCUT2D eigenvalue weighted by Gasteiger charge is -2.12. The lowest BCUT2D eigenvalue weighted by atomic mass is 9.99. The van der Waals surface area contributed by atoms with Gasteiger partial charge < -0.3 is 10.4 Å². The molecule has 0 saturated carbocycles. The van der Waals surface area contributed by atoms with Crippen molar-refractivity contribution in [3.8, 4) is 11.1 Å². The van der Waals surface area contributed by atoms with Gasteiger partial charge in [-0.2, -0.15) is 0 Å². The zero-order chi connectivity index (χ0) is 14.1. The summed E-state index contributed by atoms with van der Waals surface area (Å²) in [6, 6.07) is 12.2. The average Bonchev–Trinajstić information content (AvgIpc) is 2.81. The predicted molar refractivity (Wildman–Crippen MR) is 74.1 cm³/mol. The molecule has 0 saturated heterocycles. The van der Waals surface area contributed by atoms with Gasteiger partial charge in [-0.15, -0.1) is 0 Å². The second-order valence-corrected chi connectivity index (χ2v) is 4.93. The van der Waals surface area contributed by atoms with E-state index in [2.05, 4.69) is 5.32 Å². The molecule has 20 heavy (non-hydrogen) atoms.